The van der Waals surface area contributed by atoms with Crippen LogP contribution in [0.1, 0.15) is 30.7 Å². The molecule has 1 saturated carbocycles. The number of nitrogens with zero attached hydrogens (tertiary/aromatic N) is 1. The molecule has 3 aromatic carbocycles. The molecule has 1 aliphatic carbocycles. The van der Waals surface area contributed by atoms with Gasteiger partial charge in [0.05, 0.1) is 12.3 Å². The molecule has 36 heavy (non-hydrogen) atoms. The monoisotopic (exact) mass is 487 g/mol. The third-order valence-corrected chi connectivity index (χ3v) is 6.44. The van der Waals surface area contributed by atoms with E-state index in [1.807, 2.05) is 49.4 Å². The lowest BCUT2D eigenvalue weighted by atomic mass is 9.80. The second-order valence-corrected chi connectivity index (χ2v) is 8.94. The van der Waals surface area contributed by atoms with Crippen LogP contribution < -0.4 is 9.47 Å². The van der Waals surface area contributed by atoms with Crippen molar-refractivity contribution in [3.05, 3.63) is 90.1 Å². The van der Waals surface area contributed by atoms with Gasteiger partial charge in [-0.2, -0.15) is 0 Å². The number of halogens is 1. The summed E-state index contributed by atoms with van der Waals surface area (Å²) in [5.74, 6) is 1.05. The first-order chi connectivity index (χ1) is 17.4. The molecule has 7 heteroatoms. The lowest BCUT2D eigenvalue weighted by Crippen LogP contribution is -2.50. The molecule has 0 unspecified atom stereocenters. The molecule has 1 aliphatic rings. The van der Waals surface area contributed by atoms with Gasteiger partial charge in [0.1, 0.15) is 23.1 Å². The van der Waals surface area contributed by atoms with E-state index < -0.39 is 11.6 Å². The second-order valence-electron chi connectivity index (χ2n) is 8.94. The van der Waals surface area contributed by atoms with Crippen LogP contribution in [0.4, 0.5) is 4.39 Å². The van der Waals surface area contributed by atoms with Gasteiger partial charge in [-0.25, -0.2) is 14.2 Å². The fourth-order valence-corrected chi connectivity index (χ4v) is 4.26. The number of oxazole rings is 1. The fourth-order valence-electron chi connectivity index (χ4n) is 4.26. The third kappa shape index (κ3) is 4.96. The SMILES string of the molecule is Cc1oc(-c2cccc(F)c2)nc1CCOc1cccc(-c2cccc(OC3(C(=O)O)CCC3)c2)c1. The van der Waals surface area contributed by atoms with Gasteiger partial charge in [-0.05, 0) is 79.8 Å². The summed E-state index contributed by atoms with van der Waals surface area (Å²) in [7, 11) is 0. The number of aryl methyl sites for hydroxylation is 1. The van der Waals surface area contributed by atoms with Gasteiger partial charge >= 0.3 is 5.97 Å². The molecule has 184 valence electrons. The first-order valence-electron chi connectivity index (χ1n) is 11.9. The Morgan fingerprint density at radius 3 is 2.33 bits per heavy atom. The summed E-state index contributed by atoms with van der Waals surface area (Å²) in [5.41, 5.74) is 2.08. The van der Waals surface area contributed by atoms with Crippen LogP contribution in [0.15, 0.2) is 77.2 Å². The van der Waals surface area contributed by atoms with Crippen LogP contribution in [-0.4, -0.2) is 28.3 Å². The lowest BCUT2D eigenvalue weighted by Gasteiger charge is -2.37. The molecule has 0 radical (unpaired) electrons. The highest BCUT2D eigenvalue weighted by atomic mass is 19.1. The maximum absolute atomic E-state index is 13.5. The number of rotatable bonds is 9. The normalized spacial score (nSPS) is 14.2. The van der Waals surface area contributed by atoms with Gasteiger partial charge < -0.3 is 19.0 Å². The summed E-state index contributed by atoms with van der Waals surface area (Å²) in [6, 6.07) is 21.3. The molecule has 1 aromatic heterocycles. The quantitative estimate of drug-likeness (QED) is 0.292. The molecular weight excluding hydrogens is 461 g/mol. The van der Waals surface area contributed by atoms with Crippen LogP contribution in [0.3, 0.4) is 0 Å². The summed E-state index contributed by atoms with van der Waals surface area (Å²) < 4.78 is 31.1. The molecule has 0 atom stereocenters. The maximum atomic E-state index is 13.5. The molecule has 5 rings (SSSR count). The predicted molar refractivity (Wildman–Crippen MR) is 133 cm³/mol. The summed E-state index contributed by atoms with van der Waals surface area (Å²) >= 11 is 0. The minimum Gasteiger partial charge on any atom is -0.493 e. The molecule has 0 spiro atoms. The molecule has 4 aromatic rings. The van der Waals surface area contributed by atoms with E-state index in [9.17, 15) is 14.3 Å². The average molecular weight is 488 g/mol. The summed E-state index contributed by atoms with van der Waals surface area (Å²) in [4.78, 5) is 16.2. The summed E-state index contributed by atoms with van der Waals surface area (Å²) in [6.07, 6.45) is 2.43. The number of aromatic nitrogens is 1. The van der Waals surface area contributed by atoms with Crippen molar-refractivity contribution >= 4 is 5.97 Å². The summed E-state index contributed by atoms with van der Waals surface area (Å²) in [5, 5.41) is 9.55. The van der Waals surface area contributed by atoms with E-state index in [1.165, 1.54) is 12.1 Å². The van der Waals surface area contributed by atoms with Crippen molar-refractivity contribution in [2.45, 2.75) is 38.2 Å². The smallest absolute Gasteiger partial charge is 0.348 e. The highest BCUT2D eigenvalue weighted by Crippen LogP contribution is 2.38. The van der Waals surface area contributed by atoms with Crippen LogP contribution in [0.2, 0.25) is 0 Å². The first kappa shape index (κ1) is 23.6. The van der Waals surface area contributed by atoms with Crippen molar-refractivity contribution in [1.82, 2.24) is 4.98 Å². The maximum Gasteiger partial charge on any atom is 0.348 e. The summed E-state index contributed by atoms with van der Waals surface area (Å²) in [6.45, 7) is 2.22. The number of ether oxygens (including phenoxy) is 2. The number of benzene rings is 3. The van der Waals surface area contributed by atoms with Crippen molar-refractivity contribution < 1.29 is 28.2 Å². The zero-order valence-electron chi connectivity index (χ0n) is 19.9. The molecular formula is C29H26FNO5. The predicted octanol–water partition coefficient (Wildman–Crippen LogP) is 6.46. The lowest BCUT2D eigenvalue weighted by molar-refractivity contribution is -0.163. The standard InChI is InChI=1S/C29H26FNO5/c1-19-26(31-27(35-19)22-8-2-9-23(30)16-22)12-15-34-24-10-3-6-20(17-24)21-7-4-11-25(18-21)36-29(28(32)33)13-5-14-29/h2-4,6-11,16-18H,5,12-15H2,1H3,(H,32,33). The number of hydrogen-bond donors (Lipinski definition) is 1. The topological polar surface area (TPSA) is 81.8 Å². The van der Waals surface area contributed by atoms with Gasteiger partial charge in [0.15, 0.2) is 0 Å². The van der Waals surface area contributed by atoms with E-state index in [2.05, 4.69) is 4.98 Å². The number of hydrogen-bond acceptors (Lipinski definition) is 5. The van der Waals surface area contributed by atoms with E-state index >= 15 is 0 Å². The molecule has 1 N–H and O–H groups in total. The van der Waals surface area contributed by atoms with Crippen LogP contribution in [0, 0.1) is 12.7 Å². The Labute approximate surface area is 208 Å². The fraction of sp³-hybridized carbons (Fsp3) is 0.241. The minimum atomic E-state index is -1.11. The number of aliphatic carboxylic acids is 1. The molecule has 0 bridgehead atoms. The molecule has 0 aliphatic heterocycles. The van der Waals surface area contributed by atoms with Crippen molar-refractivity contribution in [3.63, 3.8) is 0 Å². The van der Waals surface area contributed by atoms with E-state index in [1.54, 1.807) is 18.2 Å². The Kier molecular flexibility index (Phi) is 6.46. The van der Waals surface area contributed by atoms with Crippen molar-refractivity contribution in [3.8, 4) is 34.1 Å². The second kappa shape index (κ2) is 9.85. The van der Waals surface area contributed by atoms with Crippen molar-refractivity contribution in [2.24, 2.45) is 0 Å². The largest absolute Gasteiger partial charge is 0.493 e. The minimum absolute atomic E-state index is 0.338. The number of carboxylic acids is 1. The number of carboxylic acid groups (broad SMARTS) is 1. The Balaban J connectivity index is 1.24. The Morgan fingerprint density at radius 1 is 1.00 bits per heavy atom. The van der Waals surface area contributed by atoms with Gasteiger partial charge in [-0.3, -0.25) is 0 Å². The van der Waals surface area contributed by atoms with Crippen LogP contribution in [0.5, 0.6) is 11.5 Å². The van der Waals surface area contributed by atoms with E-state index in [0.717, 1.165) is 23.2 Å². The molecule has 1 heterocycles. The third-order valence-electron chi connectivity index (χ3n) is 6.44. The van der Waals surface area contributed by atoms with Crippen LogP contribution in [0.25, 0.3) is 22.6 Å². The van der Waals surface area contributed by atoms with E-state index in [4.69, 9.17) is 13.9 Å². The van der Waals surface area contributed by atoms with Gasteiger partial charge in [0.25, 0.3) is 0 Å². The van der Waals surface area contributed by atoms with E-state index in [0.29, 0.717) is 54.6 Å². The molecule has 0 saturated heterocycles. The Hall–Kier alpha value is -4.13. The Bertz CT molecular complexity index is 1390. The molecule has 1 fully saturated rings. The van der Waals surface area contributed by atoms with Gasteiger partial charge in [0, 0.05) is 12.0 Å². The Morgan fingerprint density at radius 2 is 1.67 bits per heavy atom. The van der Waals surface area contributed by atoms with E-state index in [-0.39, 0.29) is 5.82 Å². The highest BCUT2D eigenvalue weighted by molar-refractivity contribution is 5.79. The van der Waals surface area contributed by atoms with Crippen molar-refractivity contribution in [1.29, 1.82) is 0 Å². The number of carbonyl (C=O) groups is 1. The highest BCUT2D eigenvalue weighted by Gasteiger charge is 2.47. The van der Waals surface area contributed by atoms with Gasteiger partial charge in [0.2, 0.25) is 11.5 Å². The zero-order valence-corrected chi connectivity index (χ0v) is 19.9. The molecule has 6 nitrogen and oxygen atoms in total. The first-order valence-corrected chi connectivity index (χ1v) is 11.9. The molecule has 0 amide bonds. The van der Waals surface area contributed by atoms with Crippen molar-refractivity contribution in [2.75, 3.05) is 6.61 Å². The average Bonchev–Trinajstić information content (AvgIpc) is 3.22. The van der Waals surface area contributed by atoms with Gasteiger partial charge in [-0.15, -0.1) is 0 Å². The van der Waals surface area contributed by atoms with Gasteiger partial charge in [-0.1, -0.05) is 30.3 Å². The van der Waals surface area contributed by atoms with Crippen LogP contribution >= 0.6 is 0 Å². The zero-order chi connectivity index (χ0) is 25.1. The van der Waals surface area contributed by atoms with Crippen LogP contribution in [-0.2, 0) is 11.2 Å².